The van der Waals surface area contributed by atoms with Crippen molar-refractivity contribution in [1.29, 1.82) is 0 Å². The number of aromatic nitrogens is 2. The molecule has 0 unspecified atom stereocenters. The van der Waals surface area contributed by atoms with Gasteiger partial charge in [-0.2, -0.15) is 0 Å². The molecule has 4 heterocycles. The molecule has 6 rings (SSSR count). The molecule has 0 spiro atoms. The molecule has 0 bridgehead atoms. The van der Waals surface area contributed by atoms with Crippen molar-refractivity contribution in [3.05, 3.63) is 122 Å². The fourth-order valence-corrected chi connectivity index (χ4v) is 11.0. The van der Waals surface area contributed by atoms with E-state index in [1.807, 2.05) is 54.7 Å². The number of aliphatic hydroxyl groups is 1. The van der Waals surface area contributed by atoms with Crippen LogP contribution in [-0.4, -0.2) is 143 Å². The number of carboxylic acid groups (broad SMARTS) is 1. The molecule has 84 heavy (non-hydrogen) atoms. The van der Waals surface area contributed by atoms with Crippen LogP contribution in [0.3, 0.4) is 0 Å². The molecule has 2 fully saturated rings. The molecule has 2 saturated heterocycles. The van der Waals surface area contributed by atoms with Crippen molar-refractivity contribution in [2.45, 2.75) is 137 Å². The van der Waals surface area contributed by atoms with E-state index in [0.717, 1.165) is 44.1 Å². The zero-order chi connectivity index (χ0) is 61.9. The minimum Gasteiger partial charge on any atom is -0.480 e. The van der Waals surface area contributed by atoms with Gasteiger partial charge in [0.2, 0.25) is 31.9 Å². The van der Waals surface area contributed by atoms with Gasteiger partial charge in [-0.25, -0.2) is 37.1 Å². The Balaban J connectivity index is 0.000000367. The largest absolute Gasteiger partial charge is 0.480 e. The van der Waals surface area contributed by atoms with Crippen LogP contribution in [0.1, 0.15) is 123 Å². The van der Waals surface area contributed by atoms with Gasteiger partial charge < -0.3 is 25.6 Å². The zero-order valence-corrected chi connectivity index (χ0v) is 50.0. The molecule has 4 amide bonds. The number of ether oxygens (including phenoxy) is 1. The van der Waals surface area contributed by atoms with E-state index in [-0.39, 0.29) is 30.8 Å². The van der Waals surface area contributed by atoms with Gasteiger partial charge in [0.25, 0.3) is 11.8 Å². The van der Waals surface area contributed by atoms with Crippen molar-refractivity contribution in [2.24, 2.45) is 11.8 Å². The van der Waals surface area contributed by atoms with Crippen molar-refractivity contribution in [1.82, 2.24) is 50.9 Å². The maximum Gasteiger partial charge on any atom is 0.325 e. The fourth-order valence-electron chi connectivity index (χ4n) is 8.63. The molecule has 23 nitrogen and oxygen atoms in total. The van der Waals surface area contributed by atoms with Crippen LogP contribution in [0.4, 0.5) is 0 Å². The first-order chi connectivity index (χ1) is 39.0. The van der Waals surface area contributed by atoms with Crippen LogP contribution in [0, 0.1) is 11.8 Å². The molecule has 25 heteroatoms. The number of hydrogen-bond donors (Lipinski definition) is 8. The number of carbonyl (C=O) groups excluding carboxylic acids is 5. The molecule has 0 saturated carbocycles. The van der Waals surface area contributed by atoms with Crippen LogP contribution in [0.15, 0.2) is 99.4 Å². The number of sulfonamides is 2. The van der Waals surface area contributed by atoms with Crippen LogP contribution in [0.2, 0.25) is 0 Å². The minimum absolute atomic E-state index is 0. The quantitative estimate of drug-likeness (QED) is 0.0341. The maximum absolute atomic E-state index is 13.1. The van der Waals surface area contributed by atoms with Crippen LogP contribution >= 0.6 is 0 Å². The Morgan fingerprint density at radius 3 is 1.44 bits per heavy atom. The summed E-state index contributed by atoms with van der Waals surface area (Å²) in [5.74, 6) is -5.14. The summed E-state index contributed by atoms with van der Waals surface area (Å²) in [6.45, 7) is 28.1. The van der Waals surface area contributed by atoms with Gasteiger partial charge in [0, 0.05) is 36.3 Å². The predicted molar refractivity (Wildman–Crippen MR) is 326 cm³/mol. The third-order valence-corrected chi connectivity index (χ3v) is 15.9. The number of carbonyl (C=O) groups is 6. The summed E-state index contributed by atoms with van der Waals surface area (Å²) in [5, 5.41) is 30.2. The molecular weight excluding hydrogens is 1120 g/mol. The number of aliphatic carboxylic acids is 1. The number of nitrogens with zero attached hydrogens (tertiary/aromatic N) is 4. The number of rotatable bonds is 23. The molecular formula is C59H84N10O13S2. The lowest BCUT2D eigenvalue weighted by molar-refractivity contribution is -0.157. The maximum atomic E-state index is 13.1. The van der Waals surface area contributed by atoms with Gasteiger partial charge in [-0.3, -0.25) is 48.8 Å². The van der Waals surface area contributed by atoms with Gasteiger partial charge in [0.15, 0.2) is 0 Å². The number of carboxylic acids is 1. The third kappa shape index (κ3) is 21.1. The topological polar surface area (TPSA) is 325 Å². The van der Waals surface area contributed by atoms with Gasteiger partial charge in [0.1, 0.15) is 42.4 Å². The highest BCUT2D eigenvalue weighted by Crippen LogP contribution is 2.25. The SMILES string of the molecule is C.C=CCS(=O)(=O)N[C@H](C(=O)N[C@@H](C)C(=O)N1CCC[C@@H](C(=O)O)N1)C(C)C.C=CCS(=O)(=O)N[C@H](C(=O)N[C@@H](C)C(=O)N1CCC[C@@H](C(=O)O[C@H](C)c2ccc3cnc(C=C)cc3c2)N1)C(C)C.C=Cc1cc2cc([C@@H](C)O)ccc2cn1. The van der Waals surface area contributed by atoms with Gasteiger partial charge >= 0.3 is 11.9 Å². The van der Waals surface area contributed by atoms with E-state index in [2.05, 4.69) is 67.2 Å². The number of aliphatic hydroxyl groups excluding tert-OH is 1. The Morgan fingerprint density at radius 1 is 0.643 bits per heavy atom. The number of pyridine rings is 2. The lowest BCUT2D eigenvalue weighted by Crippen LogP contribution is -2.61. The summed E-state index contributed by atoms with van der Waals surface area (Å²) in [6.07, 6.45) is 10.4. The summed E-state index contributed by atoms with van der Waals surface area (Å²) in [7, 11) is -7.47. The van der Waals surface area contributed by atoms with Crippen molar-refractivity contribution < 1.29 is 60.6 Å². The highest BCUT2D eigenvalue weighted by molar-refractivity contribution is 7.89. The molecule has 2 aromatic carbocycles. The molecule has 0 aliphatic carbocycles. The number of nitrogens with one attached hydrogen (secondary N) is 6. The Labute approximate surface area is 493 Å². The van der Waals surface area contributed by atoms with Crippen LogP contribution in [-0.2, 0) is 53.6 Å². The molecule has 2 aliphatic rings. The Kier molecular flexibility index (Phi) is 27.6. The fraction of sp³-hybridized carbons (Fsp3) is 0.458. The zero-order valence-electron chi connectivity index (χ0n) is 48.3. The first-order valence-corrected chi connectivity index (χ1v) is 30.5. The second kappa shape index (κ2) is 32.7. The lowest BCUT2D eigenvalue weighted by atomic mass is 10.0. The predicted octanol–water partition coefficient (Wildman–Crippen LogP) is 5.38. The minimum atomic E-state index is -3.75. The van der Waals surface area contributed by atoms with Crippen LogP contribution < -0.4 is 30.9 Å². The molecule has 8 N–H and O–H groups in total. The average Bonchev–Trinajstić information content (AvgIpc) is 2.94. The third-order valence-electron chi connectivity index (χ3n) is 13.3. The standard InChI is InChI=1S/C29H39N5O6S.C16H28N4O6S.C13H13NO.CH4/c1-7-14-41(38,39)33-26(18(3)4)27(35)31-19(5)28(36)34-13-9-10-25(32-34)29(37)40-20(6)21-11-12-22-17-30-24(8-2)16-23(22)15-21;1-5-9-27(25,26)19-13(10(2)3)14(21)17-11(4)15(22)20-8-6-7-12(18-20)16(23)24;1-3-13-7-12-6-10(9(2)15)4-5-11(12)8-14-13;/h7-8,11-12,15-20,25-26,32-33H,1-2,9-10,13-14H2,3-6H3,(H,31,35);5,10-13,18-19H,1,6-9H2,2-4H3,(H,17,21)(H,23,24);3-9,15H,1H2,2H3;1H4/t19-,20+,25-,26-;11-,12-,13-;9-;/m001./s1. The molecule has 8 atom stereocenters. The first kappa shape index (κ1) is 71.0. The Bertz CT molecular complexity index is 3230. The second-order valence-corrected chi connectivity index (χ2v) is 24.4. The van der Waals surface area contributed by atoms with E-state index in [4.69, 9.17) is 9.84 Å². The molecule has 4 aromatic rings. The summed E-state index contributed by atoms with van der Waals surface area (Å²) in [5.41, 5.74) is 8.89. The van der Waals surface area contributed by atoms with E-state index in [9.17, 15) is 50.7 Å². The second-order valence-electron chi connectivity index (χ2n) is 20.8. The van der Waals surface area contributed by atoms with Gasteiger partial charge in [-0.05, 0) is 124 Å². The highest BCUT2D eigenvalue weighted by atomic mass is 32.2. The first-order valence-electron chi connectivity index (χ1n) is 27.2. The number of fused-ring (bicyclic) bond motifs is 2. The van der Waals surface area contributed by atoms with Gasteiger partial charge in [-0.15, -0.1) is 13.2 Å². The molecule has 2 aromatic heterocycles. The average molecular weight is 1210 g/mol. The van der Waals surface area contributed by atoms with Gasteiger partial charge in [-0.1, -0.05) is 84.7 Å². The Hall–Kier alpha value is -7.26. The van der Waals surface area contributed by atoms with Crippen LogP contribution in [0.25, 0.3) is 33.7 Å². The smallest absolute Gasteiger partial charge is 0.325 e. The summed E-state index contributed by atoms with van der Waals surface area (Å²) >= 11 is 0. The lowest BCUT2D eigenvalue weighted by Gasteiger charge is -2.35. The van der Waals surface area contributed by atoms with E-state index < -0.39 is 104 Å². The molecule has 460 valence electrons. The molecule has 2 aliphatic heterocycles. The molecule has 0 radical (unpaired) electrons. The van der Waals surface area contributed by atoms with Crippen molar-refractivity contribution in [3.8, 4) is 0 Å². The van der Waals surface area contributed by atoms with Gasteiger partial charge in [0.05, 0.1) is 29.0 Å². The Morgan fingerprint density at radius 2 is 1.05 bits per heavy atom. The summed E-state index contributed by atoms with van der Waals surface area (Å²) < 4.78 is 58.6. The van der Waals surface area contributed by atoms with E-state index >= 15 is 0 Å². The van der Waals surface area contributed by atoms with Crippen LogP contribution in [0.5, 0.6) is 0 Å². The normalized spacial score (nSPS) is 17.4. The summed E-state index contributed by atoms with van der Waals surface area (Å²) in [4.78, 5) is 83.6. The highest BCUT2D eigenvalue weighted by Gasteiger charge is 2.36. The van der Waals surface area contributed by atoms with Crippen molar-refractivity contribution in [2.75, 3.05) is 24.6 Å². The number of hydrazine groups is 2. The van der Waals surface area contributed by atoms with Crippen molar-refractivity contribution in [3.63, 3.8) is 0 Å². The number of esters is 1. The number of hydrogen-bond acceptors (Lipinski definition) is 16. The number of amides is 4. The van der Waals surface area contributed by atoms with Crippen molar-refractivity contribution >= 4 is 89.3 Å². The van der Waals surface area contributed by atoms with E-state index in [1.54, 1.807) is 59.9 Å². The number of benzene rings is 2. The van der Waals surface area contributed by atoms with E-state index in [1.165, 1.54) is 36.0 Å². The summed E-state index contributed by atoms with van der Waals surface area (Å²) in [6, 6.07) is 9.83. The monoisotopic (exact) mass is 1200 g/mol. The van der Waals surface area contributed by atoms with E-state index in [0.29, 0.717) is 38.8 Å².